The molecule has 0 saturated carbocycles. The second-order valence-electron chi connectivity index (χ2n) is 7.88. The quantitative estimate of drug-likeness (QED) is 0.657. The highest BCUT2D eigenvalue weighted by Gasteiger charge is 2.23. The van der Waals surface area contributed by atoms with Crippen molar-refractivity contribution in [2.75, 3.05) is 27.4 Å². The Bertz CT molecular complexity index is 1010. The summed E-state index contributed by atoms with van der Waals surface area (Å²) < 4.78 is 22.5. The van der Waals surface area contributed by atoms with Crippen LogP contribution in [0, 0.1) is 0 Å². The van der Waals surface area contributed by atoms with Crippen molar-refractivity contribution < 1.29 is 23.7 Å². The van der Waals surface area contributed by atoms with Crippen LogP contribution >= 0.6 is 0 Å². The van der Waals surface area contributed by atoms with Crippen molar-refractivity contribution in [3.05, 3.63) is 52.6 Å². The number of ether oxygens (including phenoxy) is 4. The van der Waals surface area contributed by atoms with Gasteiger partial charge in [-0.25, -0.2) is 0 Å². The molecule has 2 aliphatic rings. The third-order valence-corrected chi connectivity index (χ3v) is 5.76. The highest BCUT2D eigenvalue weighted by Crippen LogP contribution is 2.36. The van der Waals surface area contributed by atoms with Crippen LogP contribution in [0.15, 0.2) is 30.3 Å². The number of fused-ring (bicyclic) bond motifs is 2. The van der Waals surface area contributed by atoms with E-state index in [0.717, 1.165) is 46.8 Å². The maximum Gasteiger partial charge on any atom is 0.246 e. The summed E-state index contributed by atoms with van der Waals surface area (Å²) in [6, 6.07) is 7.97. The number of carbonyl (C=O) groups is 1. The molecular formula is C25H29NO5. The van der Waals surface area contributed by atoms with Crippen LogP contribution in [0.3, 0.4) is 0 Å². The molecule has 6 nitrogen and oxygen atoms in total. The van der Waals surface area contributed by atoms with Gasteiger partial charge in [-0.05, 0) is 61.7 Å². The SMILES string of the molecule is CCOc1cc2c(cc1C=CC(=O)N1CCc3cc(OC)c(OC)cc3C1)O[C@H](C)C2. The smallest absolute Gasteiger partial charge is 0.246 e. The third kappa shape index (κ3) is 4.33. The highest BCUT2D eigenvalue weighted by molar-refractivity contribution is 5.92. The minimum absolute atomic E-state index is 0.0299. The molecule has 4 rings (SSSR count). The van der Waals surface area contributed by atoms with Gasteiger partial charge in [0.05, 0.1) is 20.8 Å². The van der Waals surface area contributed by atoms with E-state index in [9.17, 15) is 4.79 Å². The Morgan fingerprint density at radius 3 is 2.52 bits per heavy atom. The number of hydrogen-bond acceptors (Lipinski definition) is 5. The predicted octanol–water partition coefficient (Wildman–Crippen LogP) is 4.02. The molecule has 2 heterocycles. The Hall–Kier alpha value is -3.15. The van der Waals surface area contributed by atoms with Gasteiger partial charge < -0.3 is 23.8 Å². The zero-order chi connectivity index (χ0) is 22.0. The van der Waals surface area contributed by atoms with E-state index >= 15 is 0 Å². The standard InChI is InChI=1S/C25H29NO5/c1-5-30-21-13-19-10-16(2)31-22(19)12-18(21)6-7-25(27)26-9-8-17-11-23(28-3)24(29-4)14-20(17)15-26/h6-7,11-14,16H,5,8-10,15H2,1-4H3/t16-/m1/s1. The van der Waals surface area contributed by atoms with E-state index in [1.165, 1.54) is 5.56 Å². The molecular weight excluding hydrogens is 394 g/mol. The van der Waals surface area contributed by atoms with Gasteiger partial charge in [-0.3, -0.25) is 4.79 Å². The highest BCUT2D eigenvalue weighted by atomic mass is 16.5. The third-order valence-electron chi connectivity index (χ3n) is 5.76. The van der Waals surface area contributed by atoms with E-state index in [-0.39, 0.29) is 12.0 Å². The molecule has 2 aromatic rings. The fraction of sp³-hybridized carbons (Fsp3) is 0.400. The fourth-order valence-electron chi connectivity index (χ4n) is 4.20. The predicted molar refractivity (Wildman–Crippen MR) is 119 cm³/mol. The molecule has 0 aromatic heterocycles. The first-order valence-electron chi connectivity index (χ1n) is 10.7. The molecule has 2 aliphatic heterocycles. The maximum atomic E-state index is 12.9. The van der Waals surface area contributed by atoms with Gasteiger partial charge in [0.15, 0.2) is 11.5 Å². The summed E-state index contributed by atoms with van der Waals surface area (Å²) in [6.07, 6.45) is 5.26. The number of benzene rings is 2. The molecule has 2 aromatic carbocycles. The van der Waals surface area contributed by atoms with Crippen molar-refractivity contribution in [3.8, 4) is 23.0 Å². The first kappa shape index (κ1) is 21.1. The molecule has 0 bridgehead atoms. The minimum atomic E-state index is -0.0299. The van der Waals surface area contributed by atoms with E-state index in [1.807, 2.05) is 42.2 Å². The minimum Gasteiger partial charge on any atom is -0.493 e. The van der Waals surface area contributed by atoms with Crippen LogP contribution in [0.4, 0.5) is 0 Å². The van der Waals surface area contributed by atoms with E-state index in [2.05, 4.69) is 6.92 Å². The summed E-state index contributed by atoms with van der Waals surface area (Å²) in [5.74, 6) is 3.02. The molecule has 0 N–H and O–H groups in total. The van der Waals surface area contributed by atoms with Gasteiger partial charge in [0.25, 0.3) is 0 Å². The number of nitrogens with zero attached hydrogens (tertiary/aromatic N) is 1. The summed E-state index contributed by atoms with van der Waals surface area (Å²) in [6.45, 7) is 5.78. The lowest BCUT2D eigenvalue weighted by atomic mass is 9.98. The van der Waals surface area contributed by atoms with Crippen molar-refractivity contribution in [2.45, 2.75) is 39.3 Å². The van der Waals surface area contributed by atoms with Gasteiger partial charge in [-0.15, -0.1) is 0 Å². The normalized spacial score (nSPS) is 17.2. The van der Waals surface area contributed by atoms with Crippen molar-refractivity contribution in [1.82, 2.24) is 4.90 Å². The van der Waals surface area contributed by atoms with Crippen molar-refractivity contribution in [3.63, 3.8) is 0 Å². The van der Waals surface area contributed by atoms with Crippen LogP contribution < -0.4 is 18.9 Å². The van der Waals surface area contributed by atoms with Crippen molar-refractivity contribution >= 4 is 12.0 Å². The number of carbonyl (C=O) groups excluding carboxylic acids is 1. The van der Waals surface area contributed by atoms with E-state index in [0.29, 0.717) is 25.4 Å². The van der Waals surface area contributed by atoms with Crippen LogP contribution in [-0.2, 0) is 24.2 Å². The first-order valence-corrected chi connectivity index (χ1v) is 10.7. The Morgan fingerprint density at radius 1 is 1.10 bits per heavy atom. The summed E-state index contributed by atoms with van der Waals surface area (Å²) in [5.41, 5.74) is 4.28. The van der Waals surface area contributed by atoms with Crippen LogP contribution in [0.5, 0.6) is 23.0 Å². The van der Waals surface area contributed by atoms with Crippen molar-refractivity contribution in [1.29, 1.82) is 0 Å². The monoisotopic (exact) mass is 423 g/mol. The zero-order valence-electron chi connectivity index (χ0n) is 18.6. The lowest BCUT2D eigenvalue weighted by Crippen LogP contribution is -2.34. The molecule has 0 spiro atoms. The fourth-order valence-corrected chi connectivity index (χ4v) is 4.20. The van der Waals surface area contributed by atoms with E-state index in [1.54, 1.807) is 20.3 Å². The van der Waals surface area contributed by atoms with Crippen LogP contribution in [-0.4, -0.2) is 44.3 Å². The summed E-state index contributed by atoms with van der Waals surface area (Å²) in [5, 5.41) is 0. The second-order valence-corrected chi connectivity index (χ2v) is 7.88. The van der Waals surface area contributed by atoms with Gasteiger partial charge in [0, 0.05) is 36.7 Å². The average molecular weight is 424 g/mol. The van der Waals surface area contributed by atoms with Crippen LogP contribution in [0.25, 0.3) is 6.08 Å². The number of rotatable bonds is 6. The Kier molecular flexibility index (Phi) is 6.07. The summed E-state index contributed by atoms with van der Waals surface area (Å²) in [4.78, 5) is 14.8. The molecule has 0 radical (unpaired) electrons. The van der Waals surface area contributed by atoms with Gasteiger partial charge in [0.2, 0.25) is 5.91 Å². The topological polar surface area (TPSA) is 57.2 Å². The molecule has 31 heavy (non-hydrogen) atoms. The molecule has 0 aliphatic carbocycles. The molecule has 0 saturated heterocycles. The Labute approximate surface area is 183 Å². The molecule has 1 atom stereocenters. The summed E-state index contributed by atoms with van der Waals surface area (Å²) in [7, 11) is 3.25. The molecule has 6 heteroatoms. The van der Waals surface area contributed by atoms with Crippen LogP contribution in [0.1, 0.15) is 36.1 Å². The van der Waals surface area contributed by atoms with Crippen LogP contribution in [0.2, 0.25) is 0 Å². The van der Waals surface area contributed by atoms with Crippen molar-refractivity contribution in [2.24, 2.45) is 0 Å². The van der Waals surface area contributed by atoms with Gasteiger partial charge in [-0.1, -0.05) is 0 Å². The molecule has 164 valence electrons. The van der Waals surface area contributed by atoms with Gasteiger partial charge in [0.1, 0.15) is 17.6 Å². The van der Waals surface area contributed by atoms with E-state index in [4.69, 9.17) is 18.9 Å². The second kappa shape index (κ2) is 8.92. The lowest BCUT2D eigenvalue weighted by Gasteiger charge is -2.28. The largest absolute Gasteiger partial charge is 0.493 e. The molecule has 1 amide bonds. The number of hydrogen-bond donors (Lipinski definition) is 0. The summed E-state index contributed by atoms with van der Waals surface area (Å²) >= 11 is 0. The maximum absolute atomic E-state index is 12.9. The first-order chi connectivity index (χ1) is 15.0. The zero-order valence-corrected chi connectivity index (χ0v) is 18.6. The van der Waals surface area contributed by atoms with Gasteiger partial charge in [-0.2, -0.15) is 0 Å². The molecule has 0 unspecified atom stereocenters. The number of methoxy groups -OCH3 is 2. The average Bonchev–Trinajstić information content (AvgIpc) is 3.14. The van der Waals surface area contributed by atoms with E-state index < -0.39 is 0 Å². The number of amides is 1. The lowest BCUT2D eigenvalue weighted by molar-refractivity contribution is -0.126. The Morgan fingerprint density at radius 2 is 1.81 bits per heavy atom. The Balaban J connectivity index is 1.52. The van der Waals surface area contributed by atoms with Gasteiger partial charge >= 0.3 is 0 Å². The molecule has 0 fully saturated rings.